The van der Waals surface area contributed by atoms with Crippen molar-refractivity contribution in [2.75, 3.05) is 5.32 Å². The lowest BCUT2D eigenvalue weighted by Gasteiger charge is -2.08. The largest absolute Gasteiger partial charge is 0.358 e. The number of aromatic amines is 1. The Morgan fingerprint density at radius 1 is 1.38 bits per heavy atom. The Bertz CT molecular complexity index is 994. The van der Waals surface area contributed by atoms with E-state index in [4.69, 9.17) is 0 Å². The maximum atomic E-state index is 12.3. The second-order valence-corrected chi connectivity index (χ2v) is 6.52. The zero-order valence-electron chi connectivity index (χ0n) is 14.0. The molecule has 0 bridgehead atoms. The van der Waals surface area contributed by atoms with Crippen LogP contribution in [0.4, 0.5) is 11.5 Å². The number of carbonyl (C=O) groups is 1. The van der Waals surface area contributed by atoms with Crippen LogP contribution in [-0.2, 0) is 6.54 Å². The minimum absolute atomic E-state index is 0.0128. The number of halogens is 1. The van der Waals surface area contributed by atoms with Crippen LogP contribution in [0.15, 0.2) is 34.8 Å². The van der Waals surface area contributed by atoms with Crippen molar-refractivity contribution in [3.8, 4) is 0 Å². The van der Waals surface area contributed by atoms with Gasteiger partial charge in [0, 0.05) is 11.4 Å². The molecule has 0 aliphatic rings. The number of hydrogen-bond donors (Lipinski definition) is 2. The maximum absolute atomic E-state index is 12.3. The lowest BCUT2D eigenvalue weighted by Crippen LogP contribution is -2.13. The third-order valence-electron chi connectivity index (χ3n) is 3.71. The van der Waals surface area contributed by atoms with Gasteiger partial charge in [-0.1, -0.05) is 17.2 Å². The molecule has 0 atom stereocenters. The van der Waals surface area contributed by atoms with Crippen LogP contribution in [0.5, 0.6) is 0 Å². The number of aromatic nitrogens is 4. The molecule has 134 valence electrons. The summed E-state index contributed by atoms with van der Waals surface area (Å²) in [5.41, 5.74) is 3.43. The quantitative estimate of drug-likeness (QED) is 0.486. The van der Waals surface area contributed by atoms with Crippen LogP contribution in [0.3, 0.4) is 0 Å². The molecule has 2 heterocycles. The molecule has 0 saturated heterocycles. The first kappa shape index (κ1) is 17.8. The minimum Gasteiger partial charge on any atom is -0.358 e. The summed E-state index contributed by atoms with van der Waals surface area (Å²) in [5, 5.41) is 23.9. The number of carbonyl (C=O) groups excluding carboxylic acids is 1. The Kier molecular flexibility index (Phi) is 4.85. The third-order valence-corrected chi connectivity index (χ3v) is 4.46. The topological polar surface area (TPSA) is 119 Å². The van der Waals surface area contributed by atoms with Crippen LogP contribution in [0.25, 0.3) is 0 Å². The van der Waals surface area contributed by atoms with E-state index in [0.717, 1.165) is 17.0 Å². The van der Waals surface area contributed by atoms with E-state index in [-0.39, 0.29) is 16.0 Å². The molecule has 1 amide bonds. The second kappa shape index (κ2) is 7.08. The minimum atomic E-state index is -0.650. The number of hydrogen-bond acceptors (Lipinski definition) is 5. The van der Waals surface area contributed by atoms with E-state index in [2.05, 4.69) is 36.5 Å². The van der Waals surface area contributed by atoms with Gasteiger partial charge in [0.25, 0.3) is 5.91 Å². The van der Waals surface area contributed by atoms with E-state index in [1.54, 1.807) is 6.07 Å². The predicted octanol–water partition coefficient (Wildman–Crippen LogP) is 3.19. The number of anilines is 1. The first-order valence-corrected chi connectivity index (χ1v) is 8.44. The molecule has 0 aliphatic heterocycles. The molecule has 1 aromatic carbocycles. The first-order chi connectivity index (χ1) is 12.3. The van der Waals surface area contributed by atoms with Crippen molar-refractivity contribution in [1.29, 1.82) is 0 Å². The van der Waals surface area contributed by atoms with Crippen LogP contribution in [-0.4, -0.2) is 30.8 Å². The van der Waals surface area contributed by atoms with Gasteiger partial charge in [-0.2, -0.15) is 5.10 Å². The molecule has 0 unspecified atom stereocenters. The van der Waals surface area contributed by atoms with Crippen LogP contribution in [0.2, 0.25) is 0 Å². The Morgan fingerprint density at radius 3 is 2.77 bits per heavy atom. The summed E-state index contributed by atoms with van der Waals surface area (Å²) in [6.45, 7) is 4.48. The smallest absolute Gasteiger partial charge is 0.357 e. The normalized spacial score (nSPS) is 10.7. The average molecular weight is 419 g/mol. The fourth-order valence-corrected chi connectivity index (χ4v) is 3.04. The van der Waals surface area contributed by atoms with Gasteiger partial charge in [0.15, 0.2) is 5.69 Å². The molecule has 2 aromatic heterocycles. The van der Waals surface area contributed by atoms with Gasteiger partial charge < -0.3 is 15.4 Å². The molecular weight excluding hydrogens is 404 g/mol. The van der Waals surface area contributed by atoms with Crippen molar-refractivity contribution >= 4 is 33.3 Å². The summed E-state index contributed by atoms with van der Waals surface area (Å²) in [5.74, 6) is -0.919. The van der Waals surface area contributed by atoms with Crippen molar-refractivity contribution < 1.29 is 9.72 Å². The molecule has 0 fully saturated rings. The average Bonchev–Trinajstić information content (AvgIpc) is 3.10. The molecule has 10 heteroatoms. The van der Waals surface area contributed by atoms with E-state index in [1.807, 2.05) is 42.8 Å². The van der Waals surface area contributed by atoms with Gasteiger partial charge in [0.2, 0.25) is 0 Å². The van der Waals surface area contributed by atoms with Gasteiger partial charge in [-0.25, -0.2) is 0 Å². The molecule has 26 heavy (non-hydrogen) atoms. The van der Waals surface area contributed by atoms with Crippen molar-refractivity contribution in [2.24, 2.45) is 0 Å². The number of aryl methyl sites for hydroxylation is 2. The van der Waals surface area contributed by atoms with Gasteiger partial charge in [-0.05, 0) is 58.5 Å². The third kappa shape index (κ3) is 3.64. The summed E-state index contributed by atoms with van der Waals surface area (Å²) in [7, 11) is 0. The van der Waals surface area contributed by atoms with Crippen LogP contribution >= 0.6 is 15.9 Å². The number of rotatable bonds is 5. The second-order valence-electron chi connectivity index (χ2n) is 5.73. The zero-order valence-corrected chi connectivity index (χ0v) is 15.6. The van der Waals surface area contributed by atoms with E-state index in [9.17, 15) is 14.9 Å². The number of benzene rings is 1. The highest BCUT2D eigenvalue weighted by atomic mass is 79.9. The summed E-state index contributed by atoms with van der Waals surface area (Å²) in [6.07, 6.45) is 0. The highest BCUT2D eigenvalue weighted by Gasteiger charge is 2.24. The van der Waals surface area contributed by atoms with Crippen molar-refractivity contribution in [3.05, 3.63) is 67.6 Å². The van der Waals surface area contributed by atoms with Gasteiger partial charge >= 0.3 is 5.82 Å². The maximum Gasteiger partial charge on any atom is 0.357 e. The number of nitrogens with zero attached hydrogens (tertiary/aromatic N) is 4. The van der Waals surface area contributed by atoms with Gasteiger partial charge in [-0.15, -0.1) is 5.10 Å². The van der Waals surface area contributed by atoms with Crippen LogP contribution in [0.1, 0.15) is 27.4 Å². The molecule has 3 rings (SSSR count). The predicted molar refractivity (Wildman–Crippen MR) is 98.1 cm³/mol. The molecule has 0 saturated carbocycles. The SMILES string of the molecule is Cc1cc(C)n(Cc2cccc(NC(=O)c3n[nH]c([N+](=O)[O-])c3Br)c2)n1. The fourth-order valence-electron chi connectivity index (χ4n) is 2.54. The highest BCUT2D eigenvalue weighted by molar-refractivity contribution is 9.10. The lowest BCUT2D eigenvalue weighted by atomic mass is 10.2. The van der Waals surface area contributed by atoms with Gasteiger partial charge in [0.05, 0.1) is 12.2 Å². The lowest BCUT2D eigenvalue weighted by molar-refractivity contribution is -0.390. The van der Waals surface area contributed by atoms with E-state index < -0.39 is 10.8 Å². The summed E-state index contributed by atoms with van der Waals surface area (Å²) in [4.78, 5) is 22.5. The van der Waals surface area contributed by atoms with Crippen LogP contribution < -0.4 is 5.32 Å². The summed E-state index contributed by atoms with van der Waals surface area (Å²) >= 11 is 3.03. The zero-order chi connectivity index (χ0) is 18.8. The summed E-state index contributed by atoms with van der Waals surface area (Å²) < 4.78 is 1.89. The van der Waals surface area contributed by atoms with E-state index in [1.165, 1.54) is 0 Å². The van der Waals surface area contributed by atoms with Gasteiger partial charge in [0.1, 0.15) is 4.47 Å². The van der Waals surface area contributed by atoms with E-state index in [0.29, 0.717) is 12.2 Å². The summed E-state index contributed by atoms with van der Waals surface area (Å²) in [6, 6.07) is 9.30. The van der Waals surface area contributed by atoms with Gasteiger partial charge in [-0.3, -0.25) is 9.48 Å². The van der Waals surface area contributed by atoms with Crippen molar-refractivity contribution in [2.45, 2.75) is 20.4 Å². The van der Waals surface area contributed by atoms with Crippen molar-refractivity contribution in [3.63, 3.8) is 0 Å². The van der Waals surface area contributed by atoms with Crippen LogP contribution in [0, 0.1) is 24.0 Å². The molecular formula is C16H15BrN6O3. The highest BCUT2D eigenvalue weighted by Crippen LogP contribution is 2.26. The molecule has 9 nitrogen and oxygen atoms in total. The molecule has 0 radical (unpaired) electrons. The number of nitrogens with one attached hydrogen (secondary N) is 2. The van der Waals surface area contributed by atoms with Crippen molar-refractivity contribution in [1.82, 2.24) is 20.0 Å². The number of H-pyrrole nitrogens is 1. The Labute approximate surface area is 156 Å². The monoisotopic (exact) mass is 418 g/mol. The Morgan fingerprint density at radius 2 is 2.15 bits per heavy atom. The molecule has 0 aliphatic carbocycles. The van der Waals surface area contributed by atoms with E-state index >= 15 is 0 Å². The Balaban J connectivity index is 1.77. The molecule has 2 N–H and O–H groups in total. The first-order valence-electron chi connectivity index (χ1n) is 7.64. The Hall–Kier alpha value is -3.01. The standard InChI is InChI=1S/C16H15BrN6O3/c1-9-6-10(2)22(21-9)8-11-4-3-5-12(7-11)18-16(24)14-13(17)15(20-19-14)23(25)26/h3-7H,8H2,1-2H3,(H,18,24)(H,19,20). The molecule has 0 spiro atoms. The number of nitro groups is 1. The molecule has 3 aromatic rings. The fraction of sp³-hybridized carbons (Fsp3) is 0.188. The number of amides is 1.